The van der Waals surface area contributed by atoms with Crippen LogP contribution in [-0.2, 0) is 17.9 Å². The van der Waals surface area contributed by atoms with Gasteiger partial charge in [0.25, 0.3) is 0 Å². The highest BCUT2D eigenvalue weighted by atomic mass is 16.3. The Labute approximate surface area is 173 Å². The van der Waals surface area contributed by atoms with E-state index in [1.165, 1.54) is 4.90 Å². The zero-order valence-corrected chi connectivity index (χ0v) is 17.8. The monoisotopic (exact) mass is 397 g/mol. The van der Waals surface area contributed by atoms with Crippen molar-refractivity contribution in [2.24, 2.45) is 0 Å². The molecular formula is C23H31N3O3. The summed E-state index contributed by atoms with van der Waals surface area (Å²) < 4.78 is 5.66. The Morgan fingerprint density at radius 3 is 2.31 bits per heavy atom. The lowest BCUT2D eigenvalue weighted by atomic mass is 10.1. The number of aryl methyl sites for hydroxylation is 1. The number of nitrogens with zero attached hydrogens (tertiary/aromatic N) is 2. The maximum Gasteiger partial charge on any atom is 0.318 e. The van der Waals surface area contributed by atoms with Gasteiger partial charge in [0.2, 0.25) is 5.91 Å². The van der Waals surface area contributed by atoms with E-state index < -0.39 is 5.54 Å². The lowest BCUT2D eigenvalue weighted by molar-refractivity contribution is -0.133. The van der Waals surface area contributed by atoms with Gasteiger partial charge in [0.05, 0.1) is 6.54 Å². The van der Waals surface area contributed by atoms with Gasteiger partial charge < -0.3 is 19.5 Å². The number of urea groups is 1. The van der Waals surface area contributed by atoms with Crippen LogP contribution in [0.4, 0.5) is 4.79 Å². The van der Waals surface area contributed by atoms with Crippen molar-refractivity contribution in [1.82, 2.24) is 15.1 Å². The van der Waals surface area contributed by atoms with Crippen molar-refractivity contribution >= 4 is 11.9 Å². The van der Waals surface area contributed by atoms with E-state index in [0.29, 0.717) is 18.8 Å². The van der Waals surface area contributed by atoms with E-state index in [1.54, 1.807) is 11.0 Å². The highest BCUT2D eigenvalue weighted by molar-refractivity contribution is 5.84. The molecule has 0 spiro atoms. The van der Waals surface area contributed by atoms with Gasteiger partial charge in [-0.25, -0.2) is 4.79 Å². The van der Waals surface area contributed by atoms with Crippen LogP contribution in [0.25, 0.3) is 0 Å². The second-order valence-electron chi connectivity index (χ2n) is 8.10. The molecule has 2 rings (SSSR count). The molecule has 1 heterocycles. The van der Waals surface area contributed by atoms with Gasteiger partial charge in [0.15, 0.2) is 0 Å². The average molecular weight is 398 g/mol. The van der Waals surface area contributed by atoms with Crippen molar-refractivity contribution in [2.45, 2.75) is 46.3 Å². The standard InChI is InChI=1S/C23H31N3O3/c1-6-14-25(22(28)24-23(3,4)5)17-21(27)26(15-19-10-8-7-9-11-19)16-20-13-12-18(2)29-20/h6-13H,1,14-17H2,2-5H3,(H,24,28). The first kappa shape index (κ1) is 22.3. The van der Waals surface area contributed by atoms with Gasteiger partial charge in [0, 0.05) is 18.6 Å². The number of rotatable bonds is 8. The summed E-state index contributed by atoms with van der Waals surface area (Å²) in [6, 6.07) is 13.2. The third-order valence-corrected chi connectivity index (χ3v) is 4.16. The Morgan fingerprint density at radius 1 is 1.07 bits per heavy atom. The zero-order valence-electron chi connectivity index (χ0n) is 17.8. The van der Waals surface area contributed by atoms with Crippen LogP contribution in [0.3, 0.4) is 0 Å². The maximum atomic E-state index is 13.1. The number of carbonyl (C=O) groups is 2. The minimum Gasteiger partial charge on any atom is -0.464 e. The molecule has 156 valence electrons. The van der Waals surface area contributed by atoms with Gasteiger partial charge in [-0.1, -0.05) is 36.4 Å². The molecule has 0 radical (unpaired) electrons. The van der Waals surface area contributed by atoms with Crippen LogP contribution in [0.15, 0.2) is 59.5 Å². The van der Waals surface area contributed by atoms with E-state index in [-0.39, 0.29) is 25.0 Å². The highest BCUT2D eigenvalue weighted by Gasteiger charge is 2.24. The molecular weight excluding hydrogens is 366 g/mol. The highest BCUT2D eigenvalue weighted by Crippen LogP contribution is 2.14. The van der Waals surface area contributed by atoms with Gasteiger partial charge >= 0.3 is 6.03 Å². The summed E-state index contributed by atoms with van der Waals surface area (Å²) >= 11 is 0. The van der Waals surface area contributed by atoms with Crippen molar-refractivity contribution < 1.29 is 14.0 Å². The topological polar surface area (TPSA) is 65.8 Å². The van der Waals surface area contributed by atoms with E-state index in [0.717, 1.165) is 11.3 Å². The van der Waals surface area contributed by atoms with Crippen LogP contribution in [0, 0.1) is 6.92 Å². The predicted octanol–water partition coefficient (Wildman–Crippen LogP) is 4.11. The third kappa shape index (κ3) is 7.49. The minimum absolute atomic E-state index is 0.0412. The number of benzene rings is 1. The van der Waals surface area contributed by atoms with Gasteiger partial charge in [-0.15, -0.1) is 6.58 Å². The number of amides is 3. The number of furan rings is 1. The molecule has 0 aliphatic carbocycles. The first-order valence-corrected chi connectivity index (χ1v) is 9.73. The van der Waals surface area contributed by atoms with Crippen molar-refractivity contribution in [2.75, 3.05) is 13.1 Å². The molecule has 0 saturated carbocycles. The largest absolute Gasteiger partial charge is 0.464 e. The molecule has 0 atom stereocenters. The number of hydrogen-bond acceptors (Lipinski definition) is 3. The van der Waals surface area contributed by atoms with Crippen molar-refractivity contribution in [1.29, 1.82) is 0 Å². The fourth-order valence-electron chi connectivity index (χ4n) is 2.83. The molecule has 0 fully saturated rings. The summed E-state index contributed by atoms with van der Waals surface area (Å²) in [5.41, 5.74) is 0.619. The van der Waals surface area contributed by atoms with E-state index in [1.807, 2.05) is 70.2 Å². The summed E-state index contributed by atoms with van der Waals surface area (Å²) in [7, 11) is 0. The lowest BCUT2D eigenvalue weighted by Crippen LogP contribution is -2.51. The summed E-state index contributed by atoms with van der Waals surface area (Å²) in [5, 5.41) is 2.90. The van der Waals surface area contributed by atoms with E-state index in [4.69, 9.17) is 4.42 Å². The molecule has 0 saturated heterocycles. The summed E-state index contributed by atoms with van der Waals surface area (Å²) in [4.78, 5) is 28.9. The van der Waals surface area contributed by atoms with Crippen molar-refractivity contribution in [3.63, 3.8) is 0 Å². The number of nitrogens with one attached hydrogen (secondary N) is 1. The summed E-state index contributed by atoms with van der Waals surface area (Å²) in [6.07, 6.45) is 1.62. The molecule has 0 bridgehead atoms. The van der Waals surface area contributed by atoms with Crippen molar-refractivity contribution in [3.8, 4) is 0 Å². The average Bonchev–Trinajstić information content (AvgIpc) is 3.05. The van der Waals surface area contributed by atoms with Crippen LogP contribution in [0.5, 0.6) is 0 Å². The first-order valence-electron chi connectivity index (χ1n) is 9.73. The Bertz CT molecular complexity index is 821. The van der Waals surface area contributed by atoms with Crippen molar-refractivity contribution in [3.05, 3.63) is 72.2 Å². The second-order valence-corrected chi connectivity index (χ2v) is 8.10. The van der Waals surface area contributed by atoms with E-state index >= 15 is 0 Å². The maximum absolute atomic E-state index is 13.1. The second kappa shape index (κ2) is 9.96. The van der Waals surface area contributed by atoms with Crippen LogP contribution in [0.1, 0.15) is 37.9 Å². The Kier molecular flexibility index (Phi) is 7.65. The van der Waals surface area contributed by atoms with Gasteiger partial charge in [-0.05, 0) is 45.4 Å². The Balaban J connectivity index is 2.17. The predicted molar refractivity (Wildman–Crippen MR) is 114 cm³/mol. The lowest BCUT2D eigenvalue weighted by Gasteiger charge is -2.29. The van der Waals surface area contributed by atoms with Crippen LogP contribution in [-0.4, -0.2) is 40.4 Å². The fourth-order valence-corrected chi connectivity index (χ4v) is 2.83. The molecule has 3 amide bonds. The molecule has 0 unspecified atom stereocenters. The summed E-state index contributed by atoms with van der Waals surface area (Å²) in [6.45, 7) is 12.3. The number of hydrogen-bond donors (Lipinski definition) is 1. The molecule has 6 heteroatoms. The van der Waals surface area contributed by atoms with E-state index in [9.17, 15) is 9.59 Å². The smallest absolute Gasteiger partial charge is 0.318 e. The zero-order chi connectivity index (χ0) is 21.4. The summed E-state index contributed by atoms with van der Waals surface area (Å²) in [5.74, 6) is 1.35. The van der Waals surface area contributed by atoms with Gasteiger partial charge in [0.1, 0.15) is 18.1 Å². The molecule has 2 aromatic rings. The molecule has 29 heavy (non-hydrogen) atoms. The minimum atomic E-state index is -0.394. The third-order valence-electron chi connectivity index (χ3n) is 4.16. The van der Waals surface area contributed by atoms with Gasteiger partial charge in [-0.2, -0.15) is 0 Å². The van der Waals surface area contributed by atoms with Crippen LogP contribution >= 0.6 is 0 Å². The fraction of sp³-hybridized carbons (Fsp3) is 0.391. The molecule has 0 aliphatic rings. The first-order chi connectivity index (χ1) is 13.7. The quantitative estimate of drug-likeness (QED) is 0.682. The Hall–Kier alpha value is -3.02. The van der Waals surface area contributed by atoms with E-state index in [2.05, 4.69) is 11.9 Å². The molecule has 0 aliphatic heterocycles. The molecule has 1 aromatic carbocycles. The molecule has 1 N–H and O–H groups in total. The SMILES string of the molecule is C=CCN(CC(=O)N(Cc1ccccc1)Cc1ccc(C)o1)C(=O)NC(C)(C)C. The van der Waals surface area contributed by atoms with Crippen LogP contribution < -0.4 is 5.32 Å². The Morgan fingerprint density at radius 2 is 1.76 bits per heavy atom. The molecule has 6 nitrogen and oxygen atoms in total. The molecule has 1 aromatic heterocycles. The normalized spacial score (nSPS) is 11.0. The van der Waals surface area contributed by atoms with Crippen LogP contribution in [0.2, 0.25) is 0 Å². The van der Waals surface area contributed by atoms with Gasteiger partial charge in [-0.3, -0.25) is 4.79 Å². The number of carbonyl (C=O) groups excluding carboxylic acids is 2.